The van der Waals surface area contributed by atoms with Gasteiger partial charge in [0.05, 0.1) is 23.1 Å². The number of halogens is 3. The first-order valence-corrected chi connectivity index (χ1v) is 13.9. The zero-order chi connectivity index (χ0) is 29.5. The third-order valence-electron chi connectivity index (χ3n) is 7.98. The molecular weight excluding hydrogens is 572 g/mol. The molecular formula is C31H28Cl2FNO6. The molecule has 0 radical (unpaired) electrons. The molecule has 1 N–H and O–H groups in total. The first-order chi connectivity index (χ1) is 19.6. The lowest BCUT2D eigenvalue weighted by Gasteiger charge is -2.44. The molecule has 1 amide bonds. The topological polar surface area (TPSA) is 93.1 Å². The molecule has 1 saturated heterocycles. The number of fused-ring (bicyclic) bond motifs is 1. The summed E-state index contributed by atoms with van der Waals surface area (Å²) in [7, 11) is 1.33. The highest BCUT2D eigenvalue weighted by molar-refractivity contribution is 6.30. The number of hydrogen-bond acceptors (Lipinski definition) is 5. The van der Waals surface area contributed by atoms with Gasteiger partial charge in [0, 0.05) is 47.4 Å². The first-order valence-electron chi connectivity index (χ1n) is 13.2. The van der Waals surface area contributed by atoms with Gasteiger partial charge in [0.2, 0.25) is 0 Å². The molecule has 2 heterocycles. The molecule has 5 rings (SSSR count). The van der Waals surface area contributed by atoms with Gasteiger partial charge >= 0.3 is 5.97 Å². The summed E-state index contributed by atoms with van der Waals surface area (Å²) < 4.78 is 27.8. The molecule has 0 saturated carbocycles. The van der Waals surface area contributed by atoms with E-state index in [0.29, 0.717) is 47.2 Å². The fourth-order valence-electron chi connectivity index (χ4n) is 5.91. The highest BCUT2D eigenvalue weighted by Crippen LogP contribution is 2.52. The Morgan fingerprint density at radius 2 is 1.63 bits per heavy atom. The number of rotatable bonds is 8. The van der Waals surface area contributed by atoms with Gasteiger partial charge in [-0.3, -0.25) is 19.3 Å². The van der Waals surface area contributed by atoms with E-state index >= 15 is 4.39 Å². The fraction of sp³-hybridized carbons (Fsp3) is 0.323. The normalized spacial score (nSPS) is 20.5. The van der Waals surface area contributed by atoms with Crippen molar-refractivity contribution in [3.8, 4) is 0 Å². The summed E-state index contributed by atoms with van der Waals surface area (Å²) in [5.41, 5.74) is -1.18. The quantitative estimate of drug-likeness (QED) is 0.297. The smallest absolute Gasteiger partial charge is 0.308 e. The number of amides is 1. The third-order valence-corrected chi connectivity index (χ3v) is 8.48. The molecule has 2 aliphatic rings. The summed E-state index contributed by atoms with van der Waals surface area (Å²) in [6.45, 7) is 2.32. The highest BCUT2D eigenvalue weighted by Gasteiger charge is 2.58. The highest BCUT2D eigenvalue weighted by atomic mass is 35.5. The largest absolute Gasteiger partial charge is 0.481 e. The Bertz CT molecular complexity index is 1490. The second-order valence-electron chi connectivity index (χ2n) is 10.3. The monoisotopic (exact) mass is 599 g/mol. The molecule has 1 fully saturated rings. The van der Waals surface area contributed by atoms with E-state index in [1.54, 1.807) is 48.5 Å². The summed E-state index contributed by atoms with van der Waals surface area (Å²) >= 11 is 12.3. The Balaban J connectivity index is 1.76. The van der Waals surface area contributed by atoms with Gasteiger partial charge in [-0.25, -0.2) is 4.39 Å². The lowest BCUT2D eigenvalue weighted by Crippen LogP contribution is -2.51. The summed E-state index contributed by atoms with van der Waals surface area (Å²) in [5.74, 6) is -4.45. The number of carboxylic acid groups (broad SMARTS) is 1. The molecule has 41 heavy (non-hydrogen) atoms. The maximum Gasteiger partial charge on any atom is 0.308 e. The molecule has 0 aromatic heterocycles. The van der Waals surface area contributed by atoms with Crippen molar-refractivity contribution in [3.05, 3.63) is 104 Å². The van der Waals surface area contributed by atoms with Crippen molar-refractivity contribution < 1.29 is 33.4 Å². The van der Waals surface area contributed by atoms with Gasteiger partial charge in [-0.1, -0.05) is 47.5 Å². The molecule has 3 aromatic carbocycles. The second kappa shape index (κ2) is 11.5. The van der Waals surface area contributed by atoms with Crippen molar-refractivity contribution in [1.29, 1.82) is 0 Å². The van der Waals surface area contributed by atoms with Crippen LogP contribution in [0.5, 0.6) is 0 Å². The van der Waals surface area contributed by atoms with Crippen LogP contribution in [0.1, 0.15) is 63.2 Å². The van der Waals surface area contributed by atoms with Crippen molar-refractivity contribution in [3.63, 3.8) is 0 Å². The van der Waals surface area contributed by atoms with E-state index in [9.17, 15) is 19.5 Å². The van der Waals surface area contributed by atoms with E-state index in [1.807, 2.05) is 0 Å². The van der Waals surface area contributed by atoms with Crippen LogP contribution in [0, 0.1) is 17.7 Å². The molecule has 214 valence electrons. The number of benzene rings is 3. The zero-order valence-corrected chi connectivity index (χ0v) is 23.9. The average Bonchev–Trinajstić information content (AvgIpc) is 3.23. The number of Topliss-reactive ketones (excluding diaryl/α,β-unsaturated/α-hetero) is 1. The number of carbonyl (C=O) groups is 3. The molecule has 0 aliphatic carbocycles. The van der Waals surface area contributed by atoms with E-state index in [0.717, 1.165) is 6.07 Å². The Morgan fingerprint density at radius 3 is 2.20 bits per heavy atom. The van der Waals surface area contributed by atoms with Gasteiger partial charge in [0.15, 0.2) is 11.5 Å². The van der Waals surface area contributed by atoms with Crippen molar-refractivity contribution in [2.24, 2.45) is 11.8 Å². The Labute approximate surface area is 246 Å². The van der Waals surface area contributed by atoms with Gasteiger partial charge in [-0.05, 0) is 61.7 Å². The molecule has 3 aromatic rings. The molecule has 2 aliphatic heterocycles. The average molecular weight is 600 g/mol. The number of nitrogens with zero attached hydrogens (tertiary/aromatic N) is 1. The number of carboxylic acids is 1. The van der Waals surface area contributed by atoms with Crippen LogP contribution in [-0.2, 0) is 20.0 Å². The zero-order valence-electron chi connectivity index (χ0n) is 22.4. The number of ketones is 1. The number of aliphatic carboxylic acids is 1. The molecule has 3 atom stereocenters. The maximum atomic E-state index is 16.4. The lowest BCUT2D eigenvalue weighted by atomic mass is 9.86. The SMILES string of the molecule is COC1(c2ccc(Cl)cc2)c2c(F)cc(C(=O)C3CCOCC3)cc2C(=O)N1C(c1ccc(Cl)cc1)C(C)C(=O)O. The van der Waals surface area contributed by atoms with Gasteiger partial charge in [0.1, 0.15) is 5.82 Å². The van der Waals surface area contributed by atoms with Gasteiger partial charge < -0.3 is 14.6 Å². The van der Waals surface area contributed by atoms with Crippen molar-refractivity contribution in [1.82, 2.24) is 4.90 Å². The minimum Gasteiger partial charge on any atom is -0.481 e. The van der Waals surface area contributed by atoms with Gasteiger partial charge in [-0.2, -0.15) is 0 Å². The minimum atomic E-state index is -1.88. The summed E-state index contributed by atoms with van der Waals surface area (Å²) in [4.78, 5) is 41.5. The van der Waals surface area contributed by atoms with Gasteiger partial charge in [0.25, 0.3) is 5.91 Å². The molecule has 7 nitrogen and oxygen atoms in total. The lowest BCUT2D eigenvalue weighted by molar-refractivity contribution is -0.149. The minimum absolute atomic E-state index is 0.0683. The van der Waals surface area contributed by atoms with Gasteiger partial charge in [-0.15, -0.1) is 0 Å². The molecule has 10 heteroatoms. The summed E-state index contributed by atoms with van der Waals surface area (Å²) in [5, 5.41) is 11.0. The van der Waals surface area contributed by atoms with Crippen molar-refractivity contribution in [2.75, 3.05) is 20.3 Å². The second-order valence-corrected chi connectivity index (χ2v) is 11.2. The predicted octanol–water partition coefficient (Wildman–Crippen LogP) is 6.51. The van der Waals surface area contributed by atoms with E-state index in [2.05, 4.69) is 0 Å². The Morgan fingerprint density at radius 1 is 1.05 bits per heavy atom. The van der Waals surface area contributed by atoms with Crippen molar-refractivity contribution >= 4 is 40.9 Å². The number of hydrogen-bond donors (Lipinski definition) is 1. The van der Waals surface area contributed by atoms with E-state index in [1.165, 1.54) is 25.0 Å². The number of ether oxygens (including phenoxy) is 2. The number of methoxy groups -OCH3 is 1. The standard InChI is InChI=1S/C31H28Cl2FNO6/c1-17(30(38)39)27(18-3-7-22(32)8-4-18)35-29(37)24-15-20(28(36)19-11-13-41-14-12-19)16-25(34)26(24)31(35,40-2)21-5-9-23(33)10-6-21/h3-10,15-17,19,27H,11-14H2,1-2H3,(H,38,39). The molecule has 0 spiro atoms. The molecule has 3 unspecified atom stereocenters. The Hall–Kier alpha value is -3.30. The van der Waals surface area contributed by atoms with Crippen LogP contribution in [0.4, 0.5) is 4.39 Å². The molecule has 0 bridgehead atoms. The van der Waals surface area contributed by atoms with Crippen molar-refractivity contribution in [2.45, 2.75) is 31.5 Å². The van der Waals surface area contributed by atoms with Crippen LogP contribution in [0.2, 0.25) is 10.0 Å². The maximum absolute atomic E-state index is 16.4. The van der Waals surface area contributed by atoms with Crippen LogP contribution >= 0.6 is 23.2 Å². The van der Waals surface area contributed by atoms with E-state index in [4.69, 9.17) is 32.7 Å². The van der Waals surface area contributed by atoms with E-state index in [-0.39, 0.29) is 28.4 Å². The van der Waals surface area contributed by atoms with Crippen LogP contribution in [0.25, 0.3) is 0 Å². The summed E-state index contributed by atoms with van der Waals surface area (Å²) in [6, 6.07) is 14.2. The third kappa shape index (κ3) is 5.03. The number of carbonyl (C=O) groups excluding carboxylic acids is 2. The predicted molar refractivity (Wildman–Crippen MR) is 151 cm³/mol. The Kier molecular flexibility index (Phi) is 8.21. The first kappa shape index (κ1) is 29.2. The van der Waals surface area contributed by atoms with Crippen LogP contribution < -0.4 is 0 Å². The van der Waals surface area contributed by atoms with E-state index < -0.39 is 35.4 Å². The fourth-order valence-corrected chi connectivity index (χ4v) is 6.16. The van der Waals surface area contributed by atoms with Crippen LogP contribution in [0.15, 0.2) is 60.7 Å². The van der Waals surface area contributed by atoms with Crippen LogP contribution in [0.3, 0.4) is 0 Å². The summed E-state index contributed by atoms with van der Waals surface area (Å²) in [6.07, 6.45) is 0.998. The van der Waals surface area contributed by atoms with Crippen LogP contribution in [-0.4, -0.2) is 48.0 Å².